The number of thiazole rings is 1. The minimum absolute atomic E-state index is 0.300. The lowest BCUT2D eigenvalue weighted by Crippen LogP contribution is -2.40. The van der Waals surface area contributed by atoms with Gasteiger partial charge in [0, 0.05) is 16.3 Å². The number of allylic oxidation sites excluding steroid dienone is 1. The van der Waals surface area contributed by atoms with Crippen LogP contribution in [0.5, 0.6) is 23.0 Å². The topological polar surface area (TPSA) is 100 Å². The number of anilines is 1. The van der Waals surface area contributed by atoms with Crippen LogP contribution >= 0.6 is 22.9 Å². The van der Waals surface area contributed by atoms with Crippen LogP contribution in [0.3, 0.4) is 0 Å². The predicted octanol–water partition coefficient (Wildman–Crippen LogP) is 7.29. The van der Waals surface area contributed by atoms with Crippen LogP contribution in [0.15, 0.2) is 124 Å². The summed E-state index contributed by atoms with van der Waals surface area (Å²) in [6, 6.07) is 31.1. The van der Waals surface area contributed by atoms with E-state index in [0.717, 1.165) is 21.9 Å². The summed E-state index contributed by atoms with van der Waals surface area (Å²) in [5, 5.41) is 5.54. The Morgan fingerprint density at radius 3 is 2.27 bits per heavy atom. The molecule has 11 heteroatoms. The SMILES string of the molecule is COc1cc([C@H]2C(C(=O)Nc3ccccc3)=C(C)N=c3s/c(=C\c4c(OCc5ccc(Cl)cc5)ccc5ccccc45)c(=O)n32)cc(OC)c1OC. The molecule has 0 saturated carbocycles. The second-order valence-electron chi connectivity index (χ2n) is 12.0. The van der Waals surface area contributed by atoms with Gasteiger partial charge in [0.2, 0.25) is 5.75 Å². The number of methoxy groups -OCH3 is 3. The van der Waals surface area contributed by atoms with E-state index in [0.29, 0.717) is 66.5 Å². The zero-order valence-corrected chi connectivity index (χ0v) is 30.4. The highest BCUT2D eigenvalue weighted by atomic mass is 35.5. The number of carbonyl (C=O) groups excluding carboxylic acids is 1. The quantitative estimate of drug-likeness (QED) is 0.159. The number of ether oxygens (including phenoxy) is 4. The van der Waals surface area contributed by atoms with Crippen molar-refractivity contribution in [2.24, 2.45) is 4.99 Å². The number of fused-ring (bicyclic) bond motifs is 2. The fourth-order valence-electron chi connectivity index (χ4n) is 6.33. The van der Waals surface area contributed by atoms with Crippen LogP contribution in [-0.2, 0) is 11.4 Å². The molecule has 7 rings (SSSR count). The van der Waals surface area contributed by atoms with E-state index >= 15 is 0 Å². The normalized spacial score (nSPS) is 14.1. The molecular formula is C41H34ClN3O6S. The number of para-hydroxylation sites is 1. The summed E-state index contributed by atoms with van der Waals surface area (Å²) in [6.45, 7) is 2.08. The second-order valence-corrected chi connectivity index (χ2v) is 13.4. The maximum Gasteiger partial charge on any atom is 0.271 e. The van der Waals surface area contributed by atoms with Crippen LogP contribution in [0.25, 0.3) is 16.8 Å². The van der Waals surface area contributed by atoms with Crippen LogP contribution in [0.4, 0.5) is 5.69 Å². The van der Waals surface area contributed by atoms with Gasteiger partial charge in [-0.1, -0.05) is 83.6 Å². The Bertz CT molecular complexity index is 2500. The van der Waals surface area contributed by atoms with Crippen molar-refractivity contribution >= 4 is 51.4 Å². The molecule has 0 aliphatic carbocycles. The zero-order chi connectivity index (χ0) is 36.4. The summed E-state index contributed by atoms with van der Waals surface area (Å²) in [5.74, 6) is 1.37. The third kappa shape index (κ3) is 6.66. The van der Waals surface area contributed by atoms with Gasteiger partial charge in [-0.3, -0.25) is 14.2 Å². The number of amides is 1. The van der Waals surface area contributed by atoms with Crippen molar-refractivity contribution in [3.63, 3.8) is 0 Å². The minimum Gasteiger partial charge on any atom is -0.493 e. The molecule has 0 saturated heterocycles. The van der Waals surface area contributed by atoms with Crippen molar-refractivity contribution in [2.45, 2.75) is 19.6 Å². The van der Waals surface area contributed by atoms with Crippen LogP contribution in [-0.4, -0.2) is 31.8 Å². The average molecular weight is 732 g/mol. The largest absolute Gasteiger partial charge is 0.493 e. The Balaban J connectivity index is 1.41. The van der Waals surface area contributed by atoms with Gasteiger partial charge in [-0.2, -0.15) is 0 Å². The van der Waals surface area contributed by atoms with Gasteiger partial charge in [0.25, 0.3) is 11.5 Å². The van der Waals surface area contributed by atoms with E-state index in [-0.39, 0.29) is 5.56 Å². The molecule has 1 amide bonds. The van der Waals surface area contributed by atoms with E-state index in [1.165, 1.54) is 32.7 Å². The van der Waals surface area contributed by atoms with E-state index in [9.17, 15) is 9.59 Å². The third-order valence-corrected chi connectivity index (χ3v) is 10.0. The fraction of sp³-hybridized carbons (Fsp3) is 0.146. The highest BCUT2D eigenvalue weighted by Gasteiger charge is 2.34. The summed E-state index contributed by atoms with van der Waals surface area (Å²) in [6.07, 6.45) is 1.85. The second kappa shape index (κ2) is 14.8. The van der Waals surface area contributed by atoms with Gasteiger partial charge in [-0.05, 0) is 77.4 Å². The number of nitrogens with one attached hydrogen (secondary N) is 1. The molecule has 1 aliphatic rings. The van der Waals surface area contributed by atoms with Crippen molar-refractivity contribution in [3.8, 4) is 23.0 Å². The molecule has 6 aromatic rings. The molecule has 1 atom stereocenters. The lowest BCUT2D eigenvalue weighted by molar-refractivity contribution is -0.113. The lowest BCUT2D eigenvalue weighted by Gasteiger charge is -2.26. The molecule has 0 bridgehead atoms. The van der Waals surface area contributed by atoms with Crippen molar-refractivity contribution in [1.29, 1.82) is 0 Å². The van der Waals surface area contributed by atoms with Gasteiger partial charge in [0.15, 0.2) is 16.3 Å². The highest BCUT2D eigenvalue weighted by Crippen LogP contribution is 2.42. The average Bonchev–Trinajstić information content (AvgIpc) is 3.47. The Hall–Kier alpha value is -5.84. The van der Waals surface area contributed by atoms with E-state index in [4.69, 9.17) is 35.5 Å². The Labute approximate surface area is 308 Å². The Morgan fingerprint density at radius 2 is 1.58 bits per heavy atom. The molecule has 1 aliphatic heterocycles. The number of benzene rings is 5. The van der Waals surface area contributed by atoms with E-state index in [1.54, 1.807) is 35.8 Å². The standard InChI is InChI=1S/C41H34ClN3O6S/c1-24-36(39(46)44-29-11-6-5-7-12-29)37(27-20-33(48-2)38(50-4)34(21-27)49-3)45-40(47)35(52-41(45)43-24)22-31-30-13-9-8-10-26(30)16-19-32(31)51-23-25-14-17-28(42)18-15-25/h5-22,37H,23H2,1-4H3,(H,44,46)/b35-22-/t37-/m0/s1. The smallest absolute Gasteiger partial charge is 0.271 e. The first-order valence-corrected chi connectivity index (χ1v) is 17.6. The van der Waals surface area contributed by atoms with Crippen molar-refractivity contribution < 1.29 is 23.7 Å². The summed E-state index contributed by atoms with van der Waals surface area (Å²) >= 11 is 7.35. The highest BCUT2D eigenvalue weighted by molar-refractivity contribution is 7.07. The molecule has 2 heterocycles. The van der Waals surface area contributed by atoms with Gasteiger partial charge in [-0.25, -0.2) is 4.99 Å². The zero-order valence-electron chi connectivity index (χ0n) is 28.8. The Kier molecular flexibility index (Phi) is 9.84. The Morgan fingerprint density at radius 1 is 0.885 bits per heavy atom. The summed E-state index contributed by atoms with van der Waals surface area (Å²) in [5.41, 5.74) is 3.33. The molecule has 0 fully saturated rings. The number of hydrogen-bond donors (Lipinski definition) is 1. The third-order valence-electron chi connectivity index (χ3n) is 8.81. The number of halogens is 1. The van der Waals surface area contributed by atoms with Gasteiger partial charge in [0.1, 0.15) is 12.4 Å². The minimum atomic E-state index is -0.885. The molecule has 1 aromatic heterocycles. The first kappa shape index (κ1) is 34.6. The monoisotopic (exact) mass is 731 g/mol. The molecule has 262 valence electrons. The molecule has 52 heavy (non-hydrogen) atoms. The molecular weight excluding hydrogens is 698 g/mol. The predicted molar refractivity (Wildman–Crippen MR) is 205 cm³/mol. The van der Waals surface area contributed by atoms with Crippen molar-refractivity contribution in [2.75, 3.05) is 26.6 Å². The van der Waals surface area contributed by atoms with Crippen LogP contribution in [0, 0.1) is 0 Å². The molecule has 1 N–H and O–H groups in total. The lowest BCUT2D eigenvalue weighted by atomic mass is 9.94. The van der Waals surface area contributed by atoms with Crippen LogP contribution in [0.2, 0.25) is 5.02 Å². The first-order valence-electron chi connectivity index (χ1n) is 16.4. The van der Waals surface area contributed by atoms with Gasteiger partial charge < -0.3 is 24.3 Å². The maximum atomic E-state index is 14.7. The summed E-state index contributed by atoms with van der Waals surface area (Å²) in [4.78, 5) is 34.1. The fourth-order valence-corrected chi connectivity index (χ4v) is 7.48. The summed E-state index contributed by atoms with van der Waals surface area (Å²) < 4.78 is 25.3. The molecule has 9 nitrogen and oxygen atoms in total. The molecule has 0 spiro atoms. The van der Waals surface area contributed by atoms with E-state index < -0.39 is 11.9 Å². The van der Waals surface area contributed by atoms with Gasteiger partial charge >= 0.3 is 0 Å². The van der Waals surface area contributed by atoms with E-state index in [1.807, 2.05) is 84.9 Å². The number of carbonyl (C=O) groups is 1. The first-order chi connectivity index (χ1) is 25.3. The number of aromatic nitrogens is 1. The van der Waals surface area contributed by atoms with Gasteiger partial charge in [-0.15, -0.1) is 0 Å². The van der Waals surface area contributed by atoms with Crippen molar-refractivity contribution in [3.05, 3.63) is 156 Å². The van der Waals surface area contributed by atoms with Gasteiger partial charge in [0.05, 0.1) is 43.2 Å². The number of hydrogen-bond acceptors (Lipinski definition) is 8. The molecule has 5 aromatic carbocycles. The summed E-state index contributed by atoms with van der Waals surface area (Å²) in [7, 11) is 4.56. The van der Waals surface area contributed by atoms with Crippen LogP contribution < -0.4 is 39.2 Å². The van der Waals surface area contributed by atoms with Crippen LogP contribution in [0.1, 0.15) is 29.7 Å². The maximum absolute atomic E-state index is 14.7. The molecule has 0 radical (unpaired) electrons. The van der Waals surface area contributed by atoms with E-state index in [2.05, 4.69) is 5.32 Å². The number of rotatable bonds is 10. The molecule has 0 unspecified atom stereocenters. The van der Waals surface area contributed by atoms with Crippen molar-refractivity contribution in [1.82, 2.24) is 4.57 Å². The number of nitrogens with zero attached hydrogens (tertiary/aromatic N) is 2.